The van der Waals surface area contributed by atoms with Gasteiger partial charge >= 0.3 is 5.97 Å². The standard InChI is InChI=1S/C19H19Cl2NO4/c1-12(13-3-5-15(20)6-4-13)22-18(23)11-26-19(24)10-14-9-16(21)7-8-17(14)25-2/h3-9,12H,10-11H2,1-2H3,(H,22,23)/t12-/m1/s1. The number of rotatable bonds is 7. The van der Waals surface area contributed by atoms with Gasteiger partial charge in [-0.1, -0.05) is 35.3 Å². The van der Waals surface area contributed by atoms with Gasteiger partial charge in [0, 0.05) is 15.6 Å². The van der Waals surface area contributed by atoms with E-state index in [0.29, 0.717) is 21.4 Å². The molecule has 0 radical (unpaired) electrons. The fourth-order valence-corrected chi connectivity index (χ4v) is 2.68. The summed E-state index contributed by atoms with van der Waals surface area (Å²) in [5, 5.41) is 3.87. The second kappa shape index (κ2) is 9.46. The Morgan fingerprint density at radius 1 is 1.08 bits per heavy atom. The van der Waals surface area contributed by atoms with Crippen LogP contribution >= 0.6 is 23.2 Å². The molecular formula is C19H19Cl2NO4. The van der Waals surface area contributed by atoms with Crippen LogP contribution in [0.2, 0.25) is 10.0 Å². The normalized spacial score (nSPS) is 11.5. The predicted molar refractivity (Wildman–Crippen MR) is 101 cm³/mol. The highest BCUT2D eigenvalue weighted by atomic mass is 35.5. The first kappa shape index (κ1) is 20.1. The number of methoxy groups -OCH3 is 1. The van der Waals surface area contributed by atoms with E-state index < -0.39 is 5.97 Å². The Morgan fingerprint density at radius 2 is 1.73 bits per heavy atom. The van der Waals surface area contributed by atoms with Gasteiger partial charge in [0.05, 0.1) is 19.6 Å². The van der Waals surface area contributed by atoms with E-state index in [1.54, 1.807) is 30.3 Å². The molecule has 0 aliphatic carbocycles. The summed E-state index contributed by atoms with van der Waals surface area (Å²) in [6.07, 6.45) is -0.0379. The summed E-state index contributed by atoms with van der Waals surface area (Å²) < 4.78 is 10.2. The highest BCUT2D eigenvalue weighted by molar-refractivity contribution is 6.30. The molecule has 5 nitrogen and oxygen atoms in total. The van der Waals surface area contributed by atoms with Crippen molar-refractivity contribution in [2.24, 2.45) is 0 Å². The lowest BCUT2D eigenvalue weighted by atomic mass is 10.1. The van der Waals surface area contributed by atoms with E-state index >= 15 is 0 Å². The second-order valence-electron chi connectivity index (χ2n) is 5.63. The number of esters is 1. The van der Waals surface area contributed by atoms with Gasteiger partial charge in [-0.2, -0.15) is 0 Å². The molecule has 0 spiro atoms. The quantitative estimate of drug-likeness (QED) is 0.720. The summed E-state index contributed by atoms with van der Waals surface area (Å²) in [6, 6.07) is 11.9. The molecule has 0 saturated carbocycles. The van der Waals surface area contributed by atoms with Crippen LogP contribution in [-0.2, 0) is 20.7 Å². The van der Waals surface area contributed by atoms with Crippen LogP contribution in [0.4, 0.5) is 0 Å². The number of hydrogen-bond donors (Lipinski definition) is 1. The maximum atomic E-state index is 12.0. The molecule has 1 amide bonds. The molecule has 0 heterocycles. The molecule has 2 aromatic carbocycles. The first-order valence-corrected chi connectivity index (χ1v) is 8.67. The van der Waals surface area contributed by atoms with Gasteiger partial charge in [0.25, 0.3) is 5.91 Å². The molecule has 2 aromatic rings. The van der Waals surface area contributed by atoms with Crippen molar-refractivity contribution in [3.05, 3.63) is 63.6 Å². The molecule has 0 aromatic heterocycles. The zero-order valence-electron chi connectivity index (χ0n) is 14.4. The number of halogens is 2. The lowest BCUT2D eigenvalue weighted by molar-refractivity contribution is -0.148. The van der Waals surface area contributed by atoms with Crippen LogP contribution in [0.25, 0.3) is 0 Å². The Labute approximate surface area is 162 Å². The van der Waals surface area contributed by atoms with E-state index in [0.717, 1.165) is 5.56 Å². The van der Waals surface area contributed by atoms with Crippen LogP contribution in [-0.4, -0.2) is 25.6 Å². The van der Waals surface area contributed by atoms with Crippen molar-refractivity contribution >= 4 is 35.1 Å². The van der Waals surface area contributed by atoms with Crippen LogP contribution in [0.1, 0.15) is 24.1 Å². The van der Waals surface area contributed by atoms with Crippen LogP contribution in [0.15, 0.2) is 42.5 Å². The van der Waals surface area contributed by atoms with Crippen molar-refractivity contribution in [3.63, 3.8) is 0 Å². The van der Waals surface area contributed by atoms with Crippen molar-refractivity contribution in [3.8, 4) is 5.75 Å². The lowest BCUT2D eigenvalue weighted by Crippen LogP contribution is -2.31. The third-order valence-electron chi connectivity index (χ3n) is 3.69. The fourth-order valence-electron chi connectivity index (χ4n) is 2.36. The van der Waals surface area contributed by atoms with Gasteiger partial charge in [0.2, 0.25) is 0 Å². The minimum atomic E-state index is -0.542. The molecule has 2 rings (SSSR count). The summed E-state index contributed by atoms with van der Waals surface area (Å²) in [5.41, 5.74) is 1.50. The van der Waals surface area contributed by atoms with Gasteiger partial charge in [0.15, 0.2) is 6.61 Å². The topological polar surface area (TPSA) is 64.6 Å². The Morgan fingerprint density at radius 3 is 2.38 bits per heavy atom. The van der Waals surface area contributed by atoms with Gasteiger partial charge in [-0.25, -0.2) is 0 Å². The van der Waals surface area contributed by atoms with Gasteiger partial charge in [-0.3, -0.25) is 9.59 Å². The Balaban J connectivity index is 1.84. The monoisotopic (exact) mass is 395 g/mol. The summed E-state index contributed by atoms with van der Waals surface area (Å²) >= 11 is 11.8. The molecule has 26 heavy (non-hydrogen) atoms. The van der Waals surface area contributed by atoms with Crippen LogP contribution < -0.4 is 10.1 Å². The Bertz CT molecular complexity index is 778. The van der Waals surface area contributed by atoms with E-state index in [9.17, 15) is 9.59 Å². The average molecular weight is 396 g/mol. The van der Waals surface area contributed by atoms with Crippen molar-refractivity contribution in [1.29, 1.82) is 0 Å². The summed E-state index contributed by atoms with van der Waals surface area (Å²) in [4.78, 5) is 23.9. The summed E-state index contributed by atoms with van der Waals surface area (Å²) in [5.74, 6) is -0.397. The number of amides is 1. The van der Waals surface area contributed by atoms with E-state index in [-0.39, 0.29) is 25.0 Å². The third-order valence-corrected chi connectivity index (χ3v) is 4.18. The molecule has 0 saturated heterocycles. The Hall–Kier alpha value is -2.24. The maximum Gasteiger partial charge on any atom is 0.310 e. The van der Waals surface area contributed by atoms with Crippen LogP contribution in [0, 0.1) is 0 Å². The summed E-state index contributed by atoms with van der Waals surface area (Å²) in [6.45, 7) is 1.47. The largest absolute Gasteiger partial charge is 0.496 e. The predicted octanol–water partition coefficient (Wildman–Crippen LogP) is 3.97. The molecular weight excluding hydrogens is 377 g/mol. The van der Waals surface area contributed by atoms with Crippen LogP contribution in [0.5, 0.6) is 5.75 Å². The number of hydrogen-bond acceptors (Lipinski definition) is 4. The Kier molecular flexibility index (Phi) is 7.30. The smallest absolute Gasteiger partial charge is 0.310 e. The van der Waals surface area contributed by atoms with Crippen molar-refractivity contribution in [2.75, 3.05) is 13.7 Å². The molecule has 0 bridgehead atoms. The minimum Gasteiger partial charge on any atom is -0.496 e. The number of nitrogens with one attached hydrogen (secondary N) is 1. The molecule has 138 valence electrons. The number of benzene rings is 2. The van der Waals surface area contributed by atoms with Gasteiger partial charge in [0.1, 0.15) is 5.75 Å². The molecule has 0 fully saturated rings. The third kappa shape index (κ3) is 5.93. The number of ether oxygens (including phenoxy) is 2. The number of carbonyl (C=O) groups is 2. The minimum absolute atomic E-state index is 0.0379. The molecule has 1 N–H and O–H groups in total. The molecule has 1 atom stereocenters. The van der Waals surface area contributed by atoms with Crippen LogP contribution in [0.3, 0.4) is 0 Å². The maximum absolute atomic E-state index is 12.0. The fraction of sp³-hybridized carbons (Fsp3) is 0.263. The van der Waals surface area contributed by atoms with Crippen molar-refractivity contribution in [1.82, 2.24) is 5.32 Å². The highest BCUT2D eigenvalue weighted by Gasteiger charge is 2.14. The zero-order chi connectivity index (χ0) is 19.1. The molecule has 7 heteroatoms. The molecule has 0 aliphatic heterocycles. The number of carbonyl (C=O) groups excluding carboxylic acids is 2. The first-order chi connectivity index (χ1) is 12.4. The lowest BCUT2D eigenvalue weighted by Gasteiger charge is -2.14. The van der Waals surface area contributed by atoms with E-state index in [1.165, 1.54) is 7.11 Å². The van der Waals surface area contributed by atoms with Crippen molar-refractivity contribution < 1.29 is 19.1 Å². The SMILES string of the molecule is COc1ccc(Cl)cc1CC(=O)OCC(=O)N[C@H](C)c1ccc(Cl)cc1. The van der Waals surface area contributed by atoms with E-state index in [4.69, 9.17) is 32.7 Å². The van der Waals surface area contributed by atoms with E-state index in [1.807, 2.05) is 19.1 Å². The van der Waals surface area contributed by atoms with Gasteiger partial charge < -0.3 is 14.8 Å². The van der Waals surface area contributed by atoms with Crippen molar-refractivity contribution in [2.45, 2.75) is 19.4 Å². The average Bonchev–Trinajstić information content (AvgIpc) is 2.60. The second-order valence-corrected chi connectivity index (χ2v) is 6.51. The van der Waals surface area contributed by atoms with Gasteiger partial charge in [-0.05, 0) is 42.8 Å². The van der Waals surface area contributed by atoms with E-state index in [2.05, 4.69) is 5.32 Å². The zero-order valence-corrected chi connectivity index (χ0v) is 15.9. The molecule has 0 aliphatic rings. The van der Waals surface area contributed by atoms with Gasteiger partial charge in [-0.15, -0.1) is 0 Å². The first-order valence-electron chi connectivity index (χ1n) is 7.92. The molecule has 0 unspecified atom stereocenters. The summed E-state index contributed by atoms with van der Waals surface area (Å²) in [7, 11) is 1.50. The highest BCUT2D eigenvalue weighted by Crippen LogP contribution is 2.23.